The molecule has 0 unspecified atom stereocenters. The average molecular weight is 237 g/mol. The lowest BCUT2D eigenvalue weighted by Crippen LogP contribution is -2.21. The molecular weight excluding hydrogens is 214 g/mol. The number of rotatable bonds is 5. The average Bonchev–Trinajstić information content (AvgIpc) is 2.18. The Morgan fingerprint density at radius 2 is 1.88 bits per heavy atom. The zero-order valence-electron chi connectivity index (χ0n) is 11.0. The lowest BCUT2D eigenvalue weighted by Gasteiger charge is -2.12. The highest BCUT2D eigenvalue weighted by molar-refractivity contribution is 8.00. The maximum absolute atomic E-state index is 3.44. The third kappa shape index (κ3) is 4.58. The summed E-state index contributed by atoms with van der Waals surface area (Å²) >= 11 is 1.94. The zero-order chi connectivity index (χ0) is 12.1. The Balaban J connectivity index is 2.67. The predicted molar refractivity (Wildman–Crippen MR) is 74.1 cm³/mol. The normalized spacial score (nSPS) is 11.4. The van der Waals surface area contributed by atoms with Gasteiger partial charge in [0.15, 0.2) is 0 Å². The molecule has 0 atom stereocenters. The van der Waals surface area contributed by atoms with Crippen LogP contribution in [0.2, 0.25) is 0 Å². The molecule has 2 heteroatoms. The first-order valence-electron chi connectivity index (χ1n) is 5.98. The minimum atomic E-state index is 0.546. The molecule has 1 aromatic carbocycles. The van der Waals surface area contributed by atoms with Crippen molar-refractivity contribution in [3.8, 4) is 0 Å². The third-order valence-corrected chi connectivity index (χ3v) is 3.50. The van der Waals surface area contributed by atoms with Crippen molar-refractivity contribution in [3.05, 3.63) is 29.3 Å². The molecule has 0 aromatic heterocycles. The van der Waals surface area contributed by atoms with Gasteiger partial charge in [-0.2, -0.15) is 0 Å². The van der Waals surface area contributed by atoms with Gasteiger partial charge in [-0.15, -0.1) is 11.8 Å². The lowest BCUT2D eigenvalue weighted by atomic mass is 10.1. The molecule has 1 N–H and O–H groups in total. The molecule has 0 aliphatic heterocycles. The van der Waals surface area contributed by atoms with Gasteiger partial charge in [-0.3, -0.25) is 0 Å². The molecule has 0 saturated heterocycles. The Hall–Kier alpha value is -0.470. The largest absolute Gasteiger partial charge is 0.310 e. The second kappa shape index (κ2) is 6.31. The van der Waals surface area contributed by atoms with Crippen LogP contribution in [0, 0.1) is 6.92 Å². The Bertz CT molecular complexity index is 332. The minimum Gasteiger partial charge on any atom is -0.310 e. The van der Waals surface area contributed by atoms with Gasteiger partial charge in [0.05, 0.1) is 0 Å². The van der Waals surface area contributed by atoms with Crippen molar-refractivity contribution in [3.63, 3.8) is 0 Å². The maximum Gasteiger partial charge on any atom is 0.0207 e. The SMILES string of the molecule is Cc1cc(CNC(C)C)ccc1SC(C)C. The highest BCUT2D eigenvalue weighted by Crippen LogP contribution is 2.26. The van der Waals surface area contributed by atoms with E-state index in [2.05, 4.69) is 58.1 Å². The number of thioether (sulfide) groups is 1. The van der Waals surface area contributed by atoms with Crippen molar-refractivity contribution in [2.75, 3.05) is 0 Å². The van der Waals surface area contributed by atoms with Crippen molar-refractivity contribution in [2.24, 2.45) is 0 Å². The molecular formula is C14H23NS. The number of benzene rings is 1. The first-order valence-corrected chi connectivity index (χ1v) is 6.86. The van der Waals surface area contributed by atoms with Gasteiger partial charge in [0.25, 0.3) is 0 Å². The number of aryl methyl sites for hydroxylation is 1. The molecule has 0 bridgehead atoms. The number of hydrogen-bond donors (Lipinski definition) is 1. The summed E-state index contributed by atoms with van der Waals surface area (Å²) in [5.41, 5.74) is 2.76. The first-order chi connectivity index (χ1) is 7.49. The third-order valence-electron chi connectivity index (χ3n) is 2.32. The highest BCUT2D eigenvalue weighted by Gasteiger charge is 2.03. The summed E-state index contributed by atoms with van der Waals surface area (Å²) in [6.45, 7) is 12.0. The van der Waals surface area contributed by atoms with Crippen LogP contribution in [0.3, 0.4) is 0 Å². The Morgan fingerprint density at radius 3 is 2.38 bits per heavy atom. The molecule has 0 heterocycles. The van der Waals surface area contributed by atoms with Gasteiger partial charge in [0.1, 0.15) is 0 Å². The Labute approximate surface area is 104 Å². The molecule has 16 heavy (non-hydrogen) atoms. The van der Waals surface area contributed by atoms with E-state index in [1.807, 2.05) is 11.8 Å². The molecule has 0 amide bonds. The molecule has 1 nitrogen and oxygen atoms in total. The van der Waals surface area contributed by atoms with E-state index >= 15 is 0 Å². The fraction of sp³-hybridized carbons (Fsp3) is 0.571. The van der Waals surface area contributed by atoms with E-state index in [1.165, 1.54) is 16.0 Å². The van der Waals surface area contributed by atoms with Crippen LogP contribution >= 0.6 is 11.8 Å². The van der Waals surface area contributed by atoms with E-state index in [0.29, 0.717) is 11.3 Å². The van der Waals surface area contributed by atoms with Crippen LogP contribution in [-0.2, 0) is 6.54 Å². The zero-order valence-corrected chi connectivity index (χ0v) is 11.8. The quantitative estimate of drug-likeness (QED) is 0.777. The van der Waals surface area contributed by atoms with Gasteiger partial charge in [0, 0.05) is 22.7 Å². The molecule has 0 aliphatic rings. The van der Waals surface area contributed by atoms with Gasteiger partial charge < -0.3 is 5.32 Å². The van der Waals surface area contributed by atoms with Crippen LogP contribution < -0.4 is 5.32 Å². The second-order valence-electron chi connectivity index (χ2n) is 4.80. The van der Waals surface area contributed by atoms with Gasteiger partial charge >= 0.3 is 0 Å². The molecule has 0 fully saturated rings. The summed E-state index contributed by atoms with van der Waals surface area (Å²) < 4.78 is 0. The summed E-state index contributed by atoms with van der Waals surface area (Å²) in [7, 11) is 0. The van der Waals surface area contributed by atoms with Crippen molar-refractivity contribution in [1.29, 1.82) is 0 Å². The molecule has 0 spiro atoms. The Morgan fingerprint density at radius 1 is 1.19 bits per heavy atom. The number of hydrogen-bond acceptors (Lipinski definition) is 2. The van der Waals surface area contributed by atoms with E-state index in [1.54, 1.807) is 0 Å². The Kier molecular flexibility index (Phi) is 5.36. The maximum atomic E-state index is 3.44. The topological polar surface area (TPSA) is 12.0 Å². The van der Waals surface area contributed by atoms with Gasteiger partial charge in [-0.05, 0) is 24.1 Å². The van der Waals surface area contributed by atoms with Gasteiger partial charge in [-0.1, -0.05) is 39.8 Å². The second-order valence-corrected chi connectivity index (χ2v) is 6.42. The van der Waals surface area contributed by atoms with Crippen LogP contribution in [0.1, 0.15) is 38.8 Å². The van der Waals surface area contributed by atoms with Crippen LogP contribution in [0.4, 0.5) is 0 Å². The van der Waals surface area contributed by atoms with E-state index < -0.39 is 0 Å². The molecule has 90 valence electrons. The molecule has 0 radical (unpaired) electrons. The van der Waals surface area contributed by atoms with Crippen LogP contribution in [-0.4, -0.2) is 11.3 Å². The van der Waals surface area contributed by atoms with Gasteiger partial charge in [0.2, 0.25) is 0 Å². The standard InChI is InChI=1S/C14H23NS/c1-10(2)15-9-13-6-7-14(12(5)8-13)16-11(3)4/h6-8,10-11,15H,9H2,1-5H3. The summed E-state index contributed by atoms with van der Waals surface area (Å²) in [6.07, 6.45) is 0. The van der Waals surface area contributed by atoms with Gasteiger partial charge in [-0.25, -0.2) is 0 Å². The molecule has 0 aliphatic carbocycles. The smallest absolute Gasteiger partial charge is 0.0207 e. The van der Waals surface area contributed by atoms with Crippen molar-refractivity contribution < 1.29 is 0 Å². The number of nitrogens with one attached hydrogen (secondary N) is 1. The summed E-state index contributed by atoms with van der Waals surface area (Å²) in [5, 5.41) is 4.09. The van der Waals surface area contributed by atoms with Crippen LogP contribution in [0.15, 0.2) is 23.1 Å². The van der Waals surface area contributed by atoms with Crippen molar-refractivity contribution in [2.45, 2.75) is 57.4 Å². The summed E-state index contributed by atoms with van der Waals surface area (Å²) in [6, 6.07) is 7.31. The summed E-state index contributed by atoms with van der Waals surface area (Å²) in [4.78, 5) is 1.41. The fourth-order valence-electron chi connectivity index (χ4n) is 1.53. The monoisotopic (exact) mass is 237 g/mol. The minimum absolute atomic E-state index is 0.546. The van der Waals surface area contributed by atoms with E-state index in [4.69, 9.17) is 0 Å². The predicted octanol–water partition coefficient (Wildman–Crippen LogP) is 3.99. The van der Waals surface area contributed by atoms with E-state index in [0.717, 1.165) is 6.54 Å². The van der Waals surface area contributed by atoms with Crippen molar-refractivity contribution in [1.82, 2.24) is 5.32 Å². The van der Waals surface area contributed by atoms with E-state index in [-0.39, 0.29) is 0 Å². The van der Waals surface area contributed by atoms with Crippen LogP contribution in [0.25, 0.3) is 0 Å². The molecule has 1 aromatic rings. The summed E-state index contributed by atoms with van der Waals surface area (Å²) in [5.74, 6) is 0. The van der Waals surface area contributed by atoms with Crippen molar-refractivity contribution >= 4 is 11.8 Å². The van der Waals surface area contributed by atoms with Crippen LogP contribution in [0.5, 0.6) is 0 Å². The molecule has 1 rings (SSSR count). The van der Waals surface area contributed by atoms with E-state index in [9.17, 15) is 0 Å². The highest BCUT2D eigenvalue weighted by atomic mass is 32.2. The lowest BCUT2D eigenvalue weighted by molar-refractivity contribution is 0.588. The fourth-order valence-corrected chi connectivity index (χ4v) is 2.43. The first kappa shape index (κ1) is 13.6. The molecule has 0 saturated carbocycles.